The van der Waals surface area contributed by atoms with Gasteiger partial charge in [0.1, 0.15) is 6.33 Å². The summed E-state index contributed by atoms with van der Waals surface area (Å²) in [4.78, 5) is 10.2. The maximum atomic E-state index is 9.16. The summed E-state index contributed by atoms with van der Waals surface area (Å²) in [7, 11) is 3.45. The second-order valence-electron chi connectivity index (χ2n) is 3.75. The quantitative estimate of drug-likeness (QED) is 0.764. The second-order valence-corrected chi connectivity index (χ2v) is 3.75. The normalized spacial score (nSPS) is 12.1. The van der Waals surface area contributed by atoms with Crippen molar-refractivity contribution in [2.45, 2.75) is 19.9 Å². The van der Waals surface area contributed by atoms with Gasteiger partial charge < -0.3 is 20.1 Å². The van der Waals surface area contributed by atoms with E-state index in [0.717, 1.165) is 6.54 Å². The summed E-state index contributed by atoms with van der Waals surface area (Å²) in [5, 5.41) is 12.3. The van der Waals surface area contributed by atoms with Crippen LogP contribution >= 0.6 is 0 Å². The van der Waals surface area contributed by atoms with Gasteiger partial charge in [0.2, 0.25) is 5.75 Å². The molecule has 0 fully saturated rings. The number of ether oxygens (including phenoxy) is 1. The Morgan fingerprint density at radius 1 is 1.53 bits per heavy atom. The molecule has 0 spiro atoms. The molecule has 1 aromatic heterocycles. The lowest BCUT2D eigenvalue weighted by Gasteiger charge is -2.26. The van der Waals surface area contributed by atoms with Crippen LogP contribution in [-0.4, -0.2) is 48.4 Å². The van der Waals surface area contributed by atoms with Crippen LogP contribution in [0.2, 0.25) is 0 Å². The molecule has 1 heterocycles. The first-order valence-corrected chi connectivity index (χ1v) is 5.62. The fourth-order valence-corrected chi connectivity index (χ4v) is 1.43. The SMILES string of the molecule is CCNc1ncnc(N(C)C(C)CO)c1OC. The molecule has 1 unspecified atom stereocenters. The van der Waals surface area contributed by atoms with Crippen LogP contribution in [-0.2, 0) is 0 Å². The summed E-state index contributed by atoms with van der Waals surface area (Å²) >= 11 is 0. The fourth-order valence-electron chi connectivity index (χ4n) is 1.43. The molecule has 0 radical (unpaired) electrons. The molecule has 0 saturated carbocycles. The van der Waals surface area contributed by atoms with Crippen molar-refractivity contribution in [3.63, 3.8) is 0 Å². The standard InChI is InChI=1S/C11H20N4O2/c1-5-12-10-9(17-4)11(14-7-13-10)15(3)8(2)6-16/h7-8,16H,5-6H2,1-4H3,(H,12,13,14). The number of hydrogen-bond acceptors (Lipinski definition) is 6. The Morgan fingerprint density at radius 2 is 2.24 bits per heavy atom. The fraction of sp³-hybridized carbons (Fsp3) is 0.636. The summed E-state index contributed by atoms with van der Waals surface area (Å²) in [6, 6.07) is -0.0340. The van der Waals surface area contributed by atoms with Gasteiger partial charge >= 0.3 is 0 Å². The lowest BCUT2D eigenvalue weighted by atomic mass is 10.3. The number of nitrogens with zero attached hydrogens (tertiary/aromatic N) is 3. The molecule has 6 nitrogen and oxygen atoms in total. The van der Waals surface area contributed by atoms with Crippen LogP contribution in [0.5, 0.6) is 5.75 Å². The number of aromatic nitrogens is 2. The van der Waals surface area contributed by atoms with Crippen molar-refractivity contribution in [1.82, 2.24) is 9.97 Å². The average molecular weight is 240 g/mol. The van der Waals surface area contributed by atoms with Gasteiger partial charge in [0.05, 0.1) is 19.8 Å². The number of aliphatic hydroxyl groups is 1. The Hall–Kier alpha value is -1.56. The lowest BCUT2D eigenvalue weighted by Crippen LogP contribution is -2.33. The molecule has 96 valence electrons. The molecule has 0 aliphatic carbocycles. The Kier molecular flexibility index (Phi) is 4.96. The number of methoxy groups -OCH3 is 1. The first-order valence-electron chi connectivity index (χ1n) is 5.62. The van der Waals surface area contributed by atoms with Crippen molar-refractivity contribution in [3.8, 4) is 5.75 Å². The zero-order chi connectivity index (χ0) is 12.8. The van der Waals surface area contributed by atoms with E-state index in [0.29, 0.717) is 17.4 Å². The first-order chi connectivity index (χ1) is 8.15. The molecule has 1 aromatic rings. The molecule has 6 heteroatoms. The summed E-state index contributed by atoms with van der Waals surface area (Å²) in [5.74, 6) is 1.93. The van der Waals surface area contributed by atoms with Gasteiger partial charge in [-0.05, 0) is 13.8 Å². The lowest BCUT2D eigenvalue weighted by molar-refractivity contribution is 0.269. The van der Waals surface area contributed by atoms with Crippen molar-refractivity contribution >= 4 is 11.6 Å². The molecule has 0 amide bonds. The van der Waals surface area contributed by atoms with E-state index in [9.17, 15) is 0 Å². The van der Waals surface area contributed by atoms with Crippen LogP contribution < -0.4 is 15.0 Å². The zero-order valence-corrected chi connectivity index (χ0v) is 10.8. The van der Waals surface area contributed by atoms with Crippen LogP contribution in [0.3, 0.4) is 0 Å². The van der Waals surface area contributed by atoms with E-state index >= 15 is 0 Å². The highest BCUT2D eigenvalue weighted by atomic mass is 16.5. The second kappa shape index (κ2) is 6.24. The van der Waals surface area contributed by atoms with Crippen molar-refractivity contribution in [1.29, 1.82) is 0 Å². The molecule has 0 bridgehead atoms. The molecule has 0 aromatic carbocycles. The van der Waals surface area contributed by atoms with Gasteiger partial charge in [-0.3, -0.25) is 0 Å². The maximum Gasteiger partial charge on any atom is 0.204 e. The summed E-state index contributed by atoms with van der Waals surface area (Å²) in [6.07, 6.45) is 1.48. The van der Waals surface area contributed by atoms with Gasteiger partial charge in [0, 0.05) is 13.6 Å². The van der Waals surface area contributed by atoms with E-state index in [-0.39, 0.29) is 12.6 Å². The number of rotatable bonds is 6. The third-order valence-corrected chi connectivity index (χ3v) is 2.59. The van der Waals surface area contributed by atoms with E-state index in [1.807, 2.05) is 25.8 Å². The number of likely N-dealkylation sites (N-methyl/N-ethyl adjacent to an activating group) is 1. The van der Waals surface area contributed by atoms with Crippen LogP contribution in [0.25, 0.3) is 0 Å². The summed E-state index contributed by atoms with van der Waals surface area (Å²) in [5.41, 5.74) is 0. The molecule has 1 rings (SSSR count). The number of aliphatic hydroxyl groups excluding tert-OH is 1. The topological polar surface area (TPSA) is 70.5 Å². The van der Waals surface area contributed by atoms with Gasteiger partial charge in [-0.1, -0.05) is 0 Å². The maximum absolute atomic E-state index is 9.16. The number of hydrogen-bond donors (Lipinski definition) is 2. The third kappa shape index (κ3) is 2.97. The highest BCUT2D eigenvalue weighted by Crippen LogP contribution is 2.31. The van der Waals surface area contributed by atoms with E-state index < -0.39 is 0 Å². The predicted octanol–water partition coefficient (Wildman–Crippen LogP) is 0.734. The number of nitrogens with one attached hydrogen (secondary N) is 1. The van der Waals surface area contributed by atoms with Gasteiger partial charge in [0.25, 0.3) is 0 Å². The Labute approximate surface area is 102 Å². The van der Waals surface area contributed by atoms with Crippen molar-refractivity contribution < 1.29 is 9.84 Å². The average Bonchev–Trinajstić information content (AvgIpc) is 2.37. The van der Waals surface area contributed by atoms with Crippen LogP contribution in [0.4, 0.5) is 11.6 Å². The minimum Gasteiger partial charge on any atom is -0.490 e. The van der Waals surface area contributed by atoms with Crippen LogP contribution in [0.15, 0.2) is 6.33 Å². The summed E-state index contributed by atoms with van der Waals surface area (Å²) in [6.45, 7) is 4.71. The van der Waals surface area contributed by atoms with Crippen LogP contribution in [0.1, 0.15) is 13.8 Å². The highest BCUT2D eigenvalue weighted by Gasteiger charge is 2.18. The Bertz CT molecular complexity index is 359. The molecule has 0 aliphatic rings. The Balaban J connectivity index is 3.10. The van der Waals surface area contributed by atoms with E-state index in [1.54, 1.807) is 7.11 Å². The molecular weight excluding hydrogens is 220 g/mol. The van der Waals surface area contributed by atoms with E-state index in [2.05, 4.69) is 15.3 Å². The molecule has 2 N–H and O–H groups in total. The van der Waals surface area contributed by atoms with Crippen molar-refractivity contribution in [3.05, 3.63) is 6.33 Å². The predicted molar refractivity (Wildman–Crippen MR) is 67.7 cm³/mol. The smallest absolute Gasteiger partial charge is 0.204 e. The van der Waals surface area contributed by atoms with Gasteiger partial charge in [-0.25, -0.2) is 9.97 Å². The number of anilines is 2. The molecule has 17 heavy (non-hydrogen) atoms. The largest absolute Gasteiger partial charge is 0.490 e. The van der Waals surface area contributed by atoms with Crippen LogP contribution in [0, 0.1) is 0 Å². The summed E-state index contributed by atoms with van der Waals surface area (Å²) < 4.78 is 5.33. The van der Waals surface area contributed by atoms with Gasteiger partial charge in [-0.2, -0.15) is 0 Å². The molecule has 0 saturated heterocycles. The van der Waals surface area contributed by atoms with Gasteiger partial charge in [-0.15, -0.1) is 0 Å². The monoisotopic (exact) mass is 240 g/mol. The van der Waals surface area contributed by atoms with Crippen molar-refractivity contribution in [2.24, 2.45) is 0 Å². The first kappa shape index (κ1) is 13.5. The molecular formula is C11H20N4O2. The minimum absolute atomic E-state index is 0.0340. The van der Waals surface area contributed by atoms with E-state index in [1.165, 1.54) is 6.33 Å². The molecule has 0 aliphatic heterocycles. The minimum atomic E-state index is -0.0340. The van der Waals surface area contributed by atoms with Gasteiger partial charge in [0.15, 0.2) is 11.6 Å². The van der Waals surface area contributed by atoms with E-state index in [4.69, 9.17) is 9.84 Å². The molecule has 1 atom stereocenters. The highest BCUT2D eigenvalue weighted by molar-refractivity contribution is 5.64. The zero-order valence-electron chi connectivity index (χ0n) is 10.8. The Morgan fingerprint density at radius 3 is 2.76 bits per heavy atom. The van der Waals surface area contributed by atoms with Crippen molar-refractivity contribution in [2.75, 3.05) is 37.5 Å². The third-order valence-electron chi connectivity index (χ3n) is 2.59.